The number of imidazole rings is 1. The van der Waals surface area contributed by atoms with Gasteiger partial charge in [0.25, 0.3) is 0 Å². The van der Waals surface area contributed by atoms with E-state index in [9.17, 15) is 9.59 Å². The predicted octanol–water partition coefficient (Wildman–Crippen LogP) is 3.58. The molecule has 0 spiro atoms. The van der Waals surface area contributed by atoms with Crippen molar-refractivity contribution in [1.82, 2.24) is 15.3 Å². The van der Waals surface area contributed by atoms with E-state index in [0.717, 1.165) is 22.4 Å². The smallest absolute Gasteiger partial charge is 0.225 e. The SMILES string of the molecule is CC(=O)Nc1ccc(CC(=O)NC(c2nc3ccccc3[nH]2)C(C)C)cc1. The topological polar surface area (TPSA) is 86.9 Å². The monoisotopic (exact) mass is 364 g/mol. The van der Waals surface area contributed by atoms with Crippen LogP contribution < -0.4 is 10.6 Å². The molecule has 3 rings (SSSR count). The maximum absolute atomic E-state index is 12.6. The first-order valence-corrected chi connectivity index (χ1v) is 9.03. The van der Waals surface area contributed by atoms with Crippen molar-refractivity contribution in [2.45, 2.75) is 33.2 Å². The molecule has 6 heteroatoms. The van der Waals surface area contributed by atoms with Gasteiger partial charge in [-0.1, -0.05) is 38.1 Å². The summed E-state index contributed by atoms with van der Waals surface area (Å²) in [6, 6.07) is 14.9. The van der Waals surface area contributed by atoms with Gasteiger partial charge in [0.1, 0.15) is 5.82 Å². The molecule has 27 heavy (non-hydrogen) atoms. The highest BCUT2D eigenvalue weighted by atomic mass is 16.2. The molecule has 6 nitrogen and oxygen atoms in total. The number of nitrogens with zero attached hydrogens (tertiary/aromatic N) is 1. The van der Waals surface area contributed by atoms with Crippen LogP contribution in [0.25, 0.3) is 11.0 Å². The lowest BCUT2D eigenvalue weighted by molar-refractivity contribution is -0.121. The van der Waals surface area contributed by atoms with Crippen LogP contribution in [0.5, 0.6) is 0 Å². The van der Waals surface area contributed by atoms with Crippen LogP contribution in [0.4, 0.5) is 5.69 Å². The quantitative estimate of drug-likeness (QED) is 0.625. The molecule has 3 N–H and O–H groups in total. The molecular weight excluding hydrogens is 340 g/mol. The molecule has 0 saturated heterocycles. The zero-order valence-corrected chi connectivity index (χ0v) is 15.7. The average molecular weight is 364 g/mol. The molecule has 2 aromatic carbocycles. The third-order valence-electron chi connectivity index (χ3n) is 4.32. The van der Waals surface area contributed by atoms with Gasteiger partial charge in [-0.3, -0.25) is 9.59 Å². The first-order chi connectivity index (χ1) is 12.9. The summed E-state index contributed by atoms with van der Waals surface area (Å²) in [6.45, 7) is 5.58. The molecule has 0 saturated carbocycles. The third-order valence-corrected chi connectivity index (χ3v) is 4.32. The van der Waals surface area contributed by atoms with Crippen LogP contribution in [0.1, 0.15) is 38.2 Å². The first kappa shape index (κ1) is 18.6. The summed E-state index contributed by atoms with van der Waals surface area (Å²) < 4.78 is 0. The van der Waals surface area contributed by atoms with Gasteiger partial charge in [0.05, 0.1) is 23.5 Å². The molecule has 1 atom stereocenters. The maximum Gasteiger partial charge on any atom is 0.225 e. The standard InChI is InChI=1S/C21H24N4O2/c1-13(2)20(21-23-17-6-4-5-7-18(17)24-21)25-19(27)12-15-8-10-16(11-9-15)22-14(3)26/h4-11,13,20H,12H2,1-3H3,(H,22,26)(H,23,24)(H,25,27). The average Bonchev–Trinajstić information content (AvgIpc) is 3.04. The second-order valence-corrected chi connectivity index (χ2v) is 6.98. The van der Waals surface area contributed by atoms with Crippen molar-refractivity contribution in [1.29, 1.82) is 0 Å². The van der Waals surface area contributed by atoms with E-state index in [-0.39, 0.29) is 30.2 Å². The molecule has 2 amide bonds. The van der Waals surface area contributed by atoms with Crippen molar-refractivity contribution in [3.63, 3.8) is 0 Å². The number of para-hydroxylation sites is 2. The summed E-state index contributed by atoms with van der Waals surface area (Å²) in [5, 5.41) is 5.80. The lowest BCUT2D eigenvalue weighted by atomic mass is 10.0. The third kappa shape index (κ3) is 4.73. The van der Waals surface area contributed by atoms with Gasteiger partial charge in [0.2, 0.25) is 11.8 Å². The van der Waals surface area contributed by atoms with E-state index in [1.807, 2.05) is 36.4 Å². The minimum absolute atomic E-state index is 0.0681. The minimum atomic E-state index is -0.191. The van der Waals surface area contributed by atoms with Crippen LogP contribution in [-0.2, 0) is 16.0 Å². The summed E-state index contributed by atoms with van der Waals surface area (Å²) >= 11 is 0. The Labute approximate surface area is 158 Å². The Morgan fingerprint density at radius 2 is 1.78 bits per heavy atom. The van der Waals surface area contributed by atoms with Crippen LogP contribution in [-0.4, -0.2) is 21.8 Å². The number of aromatic amines is 1. The van der Waals surface area contributed by atoms with E-state index in [1.54, 1.807) is 12.1 Å². The summed E-state index contributed by atoms with van der Waals surface area (Å²) in [5.74, 6) is 0.768. The fourth-order valence-corrected chi connectivity index (χ4v) is 2.99. The molecule has 0 fully saturated rings. The van der Waals surface area contributed by atoms with E-state index in [0.29, 0.717) is 5.69 Å². The van der Waals surface area contributed by atoms with Crippen LogP contribution in [0.2, 0.25) is 0 Å². The Kier molecular flexibility index (Phi) is 5.54. The maximum atomic E-state index is 12.6. The molecular formula is C21H24N4O2. The van der Waals surface area contributed by atoms with Gasteiger partial charge in [-0.15, -0.1) is 0 Å². The van der Waals surface area contributed by atoms with E-state index in [1.165, 1.54) is 6.92 Å². The van der Waals surface area contributed by atoms with Crippen LogP contribution >= 0.6 is 0 Å². The second-order valence-electron chi connectivity index (χ2n) is 6.98. The summed E-state index contributed by atoms with van der Waals surface area (Å²) in [6.07, 6.45) is 0.268. The van der Waals surface area contributed by atoms with Crippen molar-refractivity contribution >= 4 is 28.5 Å². The van der Waals surface area contributed by atoms with Crippen molar-refractivity contribution in [3.05, 3.63) is 59.9 Å². The predicted molar refractivity (Wildman–Crippen MR) is 106 cm³/mol. The lowest BCUT2D eigenvalue weighted by Gasteiger charge is -2.20. The Bertz CT molecular complexity index is 911. The van der Waals surface area contributed by atoms with Crippen LogP contribution in [0, 0.1) is 5.92 Å². The molecule has 0 aliphatic carbocycles. The lowest BCUT2D eigenvalue weighted by Crippen LogP contribution is -2.33. The van der Waals surface area contributed by atoms with E-state index in [2.05, 4.69) is 34.4 Å². The zero-order valence-electron chi connectivity index (χ0n) is 15.7. The second kappa shape index (κ2) is 8.03. The molecule has 3 aromatic rings. The number of H-pyrrole nitrogens is 1. The molecule has 0 bridgehead atoms. The molecule has 0 aliphatic heterocycles. The fourth-order valence-electron chi connectivity index (χ4n) is 2.99. The summed E-state index contributed by atoms with van der Waals surface area (Å²) in [4.78, 5) is 31.6. The number of fused-ring (bicyclic) bond motifs is 1. The number of anilines is 1. The van der Waals surface area contributed by atoms with Gasteiger partial charge >= 0.3 is 0 Å². The zero-order chi connectivity index (χ0) is 19.4. The largest absolute Gasteiger partial charge is 0.346 e. The number of hydrogen-bond donors (Lipinski definition) is 3. The van der Waals surface area contributed by atoms with Gasteiger partial charge in [-0.2, -0.15) is 0 Å². The molecule has 0 radical (unpaired) electrons. The van der Waals surface area contributed by atoms with Gasteiger partial charge in [0.15, 0.2) is 0 Å². The van der Waals surface area contributed by atoms with Gasteiger partial charge in [0, 0.05) is 12.6 Å². The highest BCUT2D eigenvalue weighted by Crippen LogP contribution is 2.22. The van der Waals surface area contributed by atoms with Crippen LogP contribution in [0.15, 0.2) is 48.5 Å². The fraction of sp³-hybridized carbons (Fsp3) is 0.286. The molecule has 1 heterocycles. The summed E-state index contributed by atoms with van der Waals surface area (Å²) in [5.41, 5.74) is 3.45. The van der Waals surface area contributed by atoms with Gasteiger partial charge in [-0.05, 0) is 35.7 Å². The van der Waals surface area contributed by atoms with Crippen molar-refractivity contribution in [2.75, 3.05) is 5.32 Å². The molecule has 1 aromatic heterocycles. The highest BCUT2D eigenvalue weighted by molar-refractivity contribution is 5.88. The Hall–Kier alpha value is -3.15. The normalized spacial score (nSPS) is 12.1. The summed E-state index contributed by atoms with van der Waals surface area (Å²) in [7, 11) is 0. The number of hydrogen-bond acceptors (Lipinski definition) is 3. The van der Waals surface area contributed by atoms with E-state index >= 15 is 0 Å². The van der Waals surface area contributed by atoms with Crippen molar-refractivity contribution in [2.24, 2.45) is 5.92 Å². The number of benzene rings is 2. The Morgan fingerprint density at radius 3 is 2.41 bits per heavy atom. The van der Waals surface area contributed by atoms with Gasteiger partial charge in [-0.25, -0.2) is 4.98 Å². The number of rotatable bonds is 6. The molecule has 0 aliphatic rings. The Balaban J connectivity index is 1.69. The molecule has 140 valence electrons. The molecule has 1 unspecified atom stereocenters. The number of aromatic nitrogens is 2. The van der Waals surface area contributed by atoms with Gasteiger partial charge < -0.3 is 15.6 Å². The van der Waals surface area contributed by atoms with Crippen molar-refractivity contribution in [3.8, 4) is 0 Å². The number of nitrogens with one attached hydrogen (secondary N) is 3. The van der Waals surface area contributed by atoms with Crippen LogP contribution in [0.3, 0.4) is 0 Å². The first-order valence-electron chi connectivity index (χ1n) is 9.03. The van der Waals surface area contributed by atoms with E-state index in [4.69, 9.17) is 0 Å². The number of carbonyl (C=O) groups excluding carboxylic acids is 2. The highest BCUT2D eigenvalue weighted by Gasteiger charge is 2.21. The number of amides is 2. The Morgan fingerprint density at radius 1 is 1.07 bits per heavy atom. The van der Waals surface area contributed by atoms with Crippen molar-refractivity contribution < 1.29 is 9.59 Å². The van der Waals surface area contributed by atoms with E-state index < -0.39 is 0 Å². The number of carbonyl (C=O) groups is 2. The minimum Gasteiger partial charge on any atom is -0.346 e.